The van der Waals surface area contributed by atoms with Gasteiger partial charge in [-0.15, -0.1) is 0 Å². The molecule has 290 valence electrons. The third-order valence-corrected chi connectivity index (χ3v) is 19.9. The highest BCUT2D eigenvalue weighted by atomic mass is 14.5. The largest absolute Gasteiger partial charge is 0.106 e. The van der Waals surface area contributed by atoms with Gasteiger partial charge in [0.05, 0.1) is 0 Å². The maximum absolute atomic E-state index is 2.78. The Kier molecular flexibility index (Phi) is 13.3. The molecule has 0 aromatic heterocycles. The van der Waals surface area contributed by atoms with Crippen molar-refractivity contribution in [2.24, 2.45) is 94.7 Å². The van der Waals surface area contributed by atoms with E-state index >= 15 is 0 Å². The number of hydrogen-bond acceptors (Lipinski definition) is 0. The molecule has 8 saturated carbocycles. The highest BCUT2D eigenvalue weighted by Crippen LogP contribution is 2.58. The van der Waals surface area contributed by atoms with Gasteiger partial charge in [-0.25, -0.2) is 0 Å². The Morgan fingerprint density at radius 2 is 0.686 bits per heavy atom. The Bertz CT molecular complexity index is 1050. The molecule has 8 fully saturated rings. The molecule has 0 N–H and O–H groups in total. The molecule has 17 atom stereocenters. The van der Waals surface area contributed by atoms with E-state index in [1.807, 2.05) is 0 Å². The summed E-state index contributed by atoms with van der Waals surface area (Å²) >= 11 is 0. The predicted molar refractivity (Wildman–Crippen MR) is 223 cm³/mol. The van der Waals surface area contributed by atoms with Gasteiger partial charge < -0.3 is 0 Å². The van der Waals surface area contributed by atoms with Gasteiger partial charge in [0.1, 0.15) is 7.85 Å². The Balaban J connectivity index is 0.979. The first-order chi connectivity index (χ1) is 25.0. The van der Waals surface area contributed by atoms with Crippen molar-refractivity contribution in [1.29, 1.82) is 0 Å². The minimum atomic E-state index is 0.943. The molecule has 0 aromatic carbocycles. The van der Waals surface area contributed by atoms with Crippen LogP contribution >= 0.6 is 0 Å². The Morgan fingerprint density at radius 1 is 0.275 bits per heavy atom. The second-order valence-corrected chi connectivity index (χ2v) is 22.4. The van der Waals surface area contributed by atoms with Crippen molar-refractivity contribution in [2.75, 3.05) is 0 Å². The van der Waals surface area contributed by atoms with Gasteiger partial charge in [0, 0.05) is 0 Å². The lowest BCUT2D eigenvalue weighted by molar-refractivity contribution is -0.0136. The van der Waals surface area contributed by atoms with Gasteiger partial charge in [-0.05, 0) is 191 Å². The van der Waals surface area contributed by atoms with Crippen molar-refractivity contribution in [1.82, 2.24) is 0 Å². The molecule has 0 saturated heterocycles. The number of hydrogen-bond donors (Lipinski definition) is 0. The van der Waals surface area contributed by atoms with E-state index in [1.165, 1.54) is 38.5 Å². The fourth-order valence-corrected chi connectivity index (χ4v) is 17.0. The fourth-order valence-electron chi connectivity index (χ4n) is 17.0. The van der Waals surface area contributed by atoms with E-state index in [0.717, 1.165) is 101 Å². The summed E-state index contributed by atoms with van der Waals surface area (Å²) in [5.41, 5.74) is 0. The van der Waals surface area contributed by atoms with Crippen molar-refractivity contribution < 1.29 is 0 Å². The van der Waals surface area contributed by atoms with Crippen LogP contribution in [0.4, 0.5) is 0 Å². The first-order valence-corrected chi connectivity index (χ1v) is 25.0. The lowest BCUT2D eigenvalue weighted by atomic mass is 9.50. The fraction of sp³-hybridized carbons (Fsp3) is 1.00. The van der Waals surface area contributed by atoms with Gasteiger partial charge in [0.25, 0.3) is 0 Å². The lowest BCUT2D eigenvalue weighted by Gasteiger charge is -2.53. The maximum atomic E-state index is 2.78. The van der Waals surface area contributed by atoms with Crippen LogP contribution in [0.2, 0.25) is 5.82 Å². The van der Waals surface area contributed by atoms with Crippen LogP contribution in [-0.4, -0.2) is 7.85 Å². The van der Waals surface area contributed by atoms with Crippen LogP contribution in [0.1, 0.15) is 213 Å². The number of fused-ring (bicyclic) bond motifs is 4. The first kappa shape index (κ1) is 38.0. The van der Waals surface area contributed by atoms with Gasteiger partial charge >= 0.3 is 0 Å². The summed E-state index contributed by atoms with van der Waals surface area (Å²) in [6.07, 6.45) is 49.0. The van der Waals surface area contributed by atoms with Crippen LogP contribution in [0.3, 0.4) is 0 Å². The van der Waals surface area contributed by atoms with Crippen molar-refractivity contribution >= 4 is 7.85 Å². The van der Waals surface area contributed by atoms with Gasteiger partial charge in [-0.3, -0.25) is 0 Å². The molecule has 15 unspecified atom stereocenters. The molecule has 0 radical (unpaired) electrons. The molecule has 8 aliphatic rings. The monoisotopic (exact) mass is 699 g/mol. The van der Waals surface area contributed by atoms with E-state index in [9.17, 15) is 0 Å². The van der Waals surface area contributed by atoms with Gasteiger partial charge in [-0.2, -0.15) is 0 Å². The molecule has 0 aromatic rings. The average molecular weight is 699 g/mol. The third kappa shape index (κ3) is 8.89. The van der Waals surface area contributed by atoms with Crippen LogP contribution in [0.5, 0.6) is 0 Å². The molecule has 0 bridgehead atoms. The van der Waals surface area contributed by atoms with Gasteiger partial charge in [0.15, 0.2) is 0 Å². The van der Waals surface area contributed by atoms with Crippen LogP contribution in [0, 0.1) is 94.7 Å². The maximum Gasteiger partial charge on any atom is 0.106 e. The molecule has 0 nitrogen and oxygen atoms in total. The summed E-state index contributed by atoms with van der Waals surface area (Å²) in [6, 6.07) is 0. The minimum absolute atomic E-state index is 0.943. The van der Waals surface area contributed by atoms with Gasteiger partial charge in [-0.1, -0.05) is 122 Å². The van der Waals surface area contributed by atoms with Crippen LogP contribution in [0.25, 0.3) is 0 Å². The van der Waals surface area contributed by atoms with Crippen LogP contribution in [-0.2, 0) is 0 Å². The smallest absolute Gasteiger partial charge is 0.0641 e. The second kappa shape index (κ2) is 17.9. The molecule has 51 heavy (non-hydrogen) atoms. The summed E-state index contributed by atoms with van der Waals surface area (Å²) in [7, 11) is 2.78. The van der Waals surface area contributed by atoms with Gasteiger partial charge in [0.2, 0.25) is 0 Å². The van der Waals surface area contributed by atoms with E-state index in [1.54, 1.807) is 161 Å². The van der Waals surface area contributed by atoms with E-state index < -0.39 is 0 Å². The molecule has 0 spiro atoms. The molecule has 0 aliphatic heterocycles. The summed E-state index contributed by atoms with van der Waals surface area (Å²) in [5.74, 6) is 18.0. The van der Waals surface area contributed by atoms with E-state index in [2.05, 4.69) is 21.7 Å². The molecular weight excluding hydrogens is 611 g/mol. The molecule has 0 heterocycles. The van der Waals surface area contributed by atoms with Crippen molar-refractivity contribution in [2.45, 2.75) is 219 Å². The molecular formula is C50H87B. The van der Waals surface area contributed by atoms with Crippen LogP contribution in [0.15, 0.2) is 0 Å². The Hall–Kier alpha value is 0.0649. The summed E-state index contributed by atoms with van der Waals surface area (Å²) in [6.45, 7) is 5.38. The molecule has 8 rings (SSSR count). The van der Waals surface area contributed by atoms with Crippen molar-refractivity contribution in [3.8, 4) is 0 Å². The first-order valence-electron chi connectivity index (χ1n) is 25.0. The van der Waals surface area contributed by atoms with E-state index in [0.29, 0.717) is 0 Å². The predicted octanol–water partition coefficient (Wildman–Crippen LogP) is 14.5. The Labute approximate surface area is 320 Å². The summed E-state index contributed by atoms with van der Waals surface area (Å²) in [4.78, 5) is 0. The SMILES string of the molecule is BC1C(C)CCCCCC(C2CCC3CCCCC3C2)[C@@H]2CCC(C3CCC4C(CC(C)CCCCCC4C4CCC5CCCCC5C4)C3)C[C@H]12. The average Bonchev–Trinajstić information content (AvgIpc) is 3.16. The molecule has 1 heteroatoms. The third-order valence-electron chi connectivity index (χ3n) is 19.9. The zero-order valence-electron chi connectivity index (χ0n) is 34.7. The van der Waals surface area contributed by atoms with E-state index in [4.69, 9.17) is 0 Å². The van der Waals surface area contributed by atoms with Crippen molar-refractivity contribution in [3.05, 3.63) is 0 Å². The summed E-state index contributed by atoms with van der Waals surface area (Å²) < 4.78 is 0. The molecule has 8 aliphatic carbocycles. The van der Waals surface area contributed by atoms with Crippen LogP contribution < -0.4 is 0 Å². The van der Waals surface area contributed by atoms with E-state index in [-0.39, 0.29) is 0 Å². The normalized spacial score (nSPS) is 50.7. The van der Waals surface area contributed by atoms with Crippen molar-refractivity contribution in [3.63, 3.8) is 0 Å². The standard InChI is InChI=1S/C50H87B/c1-34-13-5-3-7-19-45(42-23-21-36-15-9-11-17-38(36)30-42)47-27-25-40(32-44(47)29-34)41-26-28-48-46(43-24-22-37-16-10-12-18-39(37)31-43)20-8-4-6-14-35(2)50(51)49(48)33-41/h34-50H,3-33,51H2,1-2H3/t34?,35?,36?,37?,38?,39?,40?,41?,42?,43?,44?,45?,46?,47?,48-,49-,50?/m0/s1. The summed E-state index contributed by atoms with van der Waals surface area (Å²) in [5, 5.41) is 0. The topological polar surface area (TPSA) is 0 Å². The minimum Gasteiger partial charge on any atom is -0.0641 e. The second-order valence-electron chi connectivity index (χ2n) is 22.4. The number of rotatable bonds is 3. The lowest BCUT2D eigenvalue weighted by Crippen LogP contribution is -2.43. The zero-order valence-corrected chi connectivity index (χ0v) is 34.7. The quantitative estimate of drug-likeness (QED) is 0.257. The Morgan fingerprint density at radius 3 is 1.33 bits per heavy atom. The molecule has 0 amide bonds. The zero-order chi connectivity index (χ0) is 34.7. The highest BCUT2D eigenvalue weighted by Gasteiger charge is 2.48. The highest BCUT2D eigenvalue weighted by molar-refractivity contribution is 6.12.